The highest BCUT2D eigenvalue weighted by Crippen LogP contribution is 2.21. The Kier molecular flexibility index (Phi) is 6.45. The summed E-state index contributed by atoms with van der Waals surface area (Å²) in [5.41, 5.74) is 1.23. The van der Waals surface area contributed by atoms with Gasteiger partial charge in [0, 0.05) is 23.6 Å². The molecule has 1 fully saturated rings. The summed E-state index contributed by atoms with van der Waals surface area (Å²) < 4.78 is 1.09. The summed E-state index contributed by atoms with van der Waals surface area (Å²) in [7, 11) is 2.04. The molecule has 1 aromatic rings. The van der Waals surface area contributed by atoms with Crippen LogP contribution in [0.15, 0.2) is 28.7 Å². The molecular weight excluding hydrogens is 340 g/mol. The van der Waals surface area contributed by atoms with Gasteiger partial charge in [-0.3, -0.25) is 9.69 Å². The van der Waals surface area contributed by atoms with Gasteiger partial charge in [0.05, 0.1) is 6.04 Å². The zero-order chi connectivity index (χ0) is 16.1. The van der Waals surface area contributed by atoms with Crippen molar-refractivity contribution in [3.8, 4) is 0 Å². The van der Waals surface area contributed by atoms with E-state index in [1.54, 1.807) is 0 Å². The van der Waals surface area contributed by atoms with E-state index in [4.69, 9.17) is 0 Å². The molecule has 1 heterocycles. The molecule has 0 spiro atoms. The molecule has 1 amide bonds. The summed E-state index contributed by atoms with van der Waals surface area (Å²) in [5, 5.41) is 0. The second-order valence-corrected chi connectivity index (χ2v) is 7.22. The van der Waals surface area contributed by atoms with Crippen LogP contribution in [-0.2, 0) is 11.3 Å². The Morgan fingerprint density at radius 3 is 2.68 bits per heavy atom. The van der Waals surface area contributed by atoms with Crippen molar-refractivity contribution in [1.82, 2.24) is 9.80 Å². The van der Waals surface area contributed by atoms with Gasteiger partial charge in [0.2, 0.25) is 5.91 Å². The zero-order valence-corrected chi connectivity index (χ0v) is 15.5. The van der Waals surface area contributed by atoms with E-state index in [0.29, 0.717) is 6.04 Å². The average molecular weight is 367 g/mol. The predicted molar refractivity (Wildman–Crippen MR) is 94.7 cm³/mol. The molecular formula is C18H27BrN2O. The van der Waals surface area contributed by atoms with Gasteiger partial charge in [0.1, 0.15) is 0 Å². The minimum absolute atomic E-state index is 0.0733. The Bertz CT molecular complexity index is 488. The molecule has 2 rings (SSSR count). The molecule has 0 radical (unpaired) electrons. The van der Waals surface area contributed by atoms with Crippen molar-refractivity contribution in [2.45, 2.75) is 58.2 Å². The molecule has 2 atom stereocenters. The molecule has 0 aromatic heterocycles. The van der Waals surface area contributed by atoms with Crippen molar-refractivity contribution in [3.05, 3.63) is 34.3 Å². The molecule has 1 saturated heterocycles. The summed E-state index contributed by atoms with van der Waals surface area (Å²) in [6.07, 6.45) is 4.62. The van der Waals surface area contributed by atoms with E-state index in [0.717, 1.165) is 36.8 Å². The Balaban J connectivity index is 1.98. The van der Waals surface area contributed by atoms with Gasteiger partial charge in [-0.2, -0.15) is 0 Å². The Morgan fingerprint density at radius 1 is 1.36 bits per heavy atom. The third-order valence-electron chi connectivity index (χ3n) is 4.75. The SMILES string of the molecule is CCC1CCCCN1C(=O)C(C)N(C)Cc1ccc(Br)cc1. The topological polar surface area (TPSA) is 23.6 Å². The molecule has 0 saturated carbocycles. The van der Waals surface area contributed by atoms with Crippen LogP contribution in [0.3, 0.4) is 0 Å². The zero-order valence-electron chi connectivity index (χ0n) is 13.9. The van der Waals surface area contributed by atoms with Gasteiger partial charge in [-0.15, -0.1) is 0 Å². The van der Waals surface area contributed by atoms with Crippen molar-refractivity contribution in [3.63, 3.8) is 0 Å². The number of rotatable bonds is 5. The first-order valence-corrected chi connectivity index (χ1v) is 9.07. The van der Waals surface area contributed by atoms with Crippen LogP contribution in [-0.4, -0.2) is 41.4 Å². The lowest BCUT2D eigenvalue weighted by Crippen LogP contribution is -2.51. The van der Waals surface area contributed by atoms with Gasteiger partial charge in [-0.25, -0.2) is 0 Å². The number of carbonyl (C=O) groups is 1. The average Bonchev–Trinajstić information content (AvgIpc) is 2.55. The smallest absolute Gasteiger partial charge is 0.239 e. The summed E-state index contributed by atoms with van der Waals surface area (Å²) >= 11 is 3.46. The van der Waals surface area contributed by atoms with Crippen LogP contribution < -0.4 is 0 Å². The number of amides is 1. The fourth-order valence-corrected chi connectivity index (χ4v) is 3.42. The Hall–Kier alpha value is -0.870. The summed E-state index contributed by atoms with van der Waals surface area (Å²) in [6.45, 7) is 5.94. The first-order valence-electron chi connectivity index (χ1n) is 8.28. The highest BCUT2D eigenvalue weighted by Gasteiger charge is 2.30. The van der Waals surface area contributed by atoms with Crippen molar-refractivity contribution in [2.75, 3.05) is 13.6 Å². The second-order valence-electron chi connectivity index (χ2n) is 6.31. The van der Waals surface area contributed by atoms with E-state index >= 15 is 0 Å². The molecule has 0 bridgehead atoms. The third kappa shape index (κ3) is 4.32. The molecule has 0 aliphatic carbocycles. The van der Waals surface area contributed by atoms with E-state index in [-0.39, 0.29) is 11.9 Å². The van der Waals surface area contributed by atoms with E-state index < -0.39 is 0 Å². The van der Waals surface area contributed by atoms with Crippen molar-refractivity contribution in [2.24, 2.45) is 0 Å². The van der Waals surface area contributed by atoms with Crippen molar-refractivity contribution < 1.29 is 4.79 Å². The summed E-state index contributed by atoms with van der Waals surface area (Å²) in [5.74, 6) is 0.283. The normalized spacial score (nSPS) is 20.2. The minimum Gasteiger partial charge on any atom is -0.338 e. The molecule has 122 valence electrons. The Labute approximate surface area is 142 Å². The number of benzene rings is 1. The van der Waals surface area contributed by atoms with Gasteiger partial charge < -0.3 is 4.90 Å². The van der Waals surface area contributed by atoms with Gasteiger partial charge in [0.15, 0.2) is 0 Å². The van der Waals surface area contributed by atoms with Gasteiger partial charge >= 0.3 is 0 Å². The summed E-state index contributed by atoms with van der Waals surface area (Å²) in [4.78, 5) is 17.1. The molecule has 2 unspecified atom stereocenters. The predicted octanol–water partition coefficient (Wildman–Crippen LogP) is 4.06. The maximum atomic E-state index is 12.8. The lowest BCUT2D eigenvalue weighted by molar-refractivity contribution is -0.140. The van der Waals surface area contributed by atoms with E-state index in [1.165, 1.54) is 12.0 Å². The maximum absolute atomic E-state index is 12.8. The van der Waals surface area contributed by atoms with Crippen LogP contribution in [0.4, 0.5) is 0 Å². The number of piperidine rings is 1. The number of hydrogen-bond acceptors (Lipinski definition) is 2. The highest BCUT2D eigenvalue weighted by atomic mass is 79.9. The first kappa shape index (κ1) is 17.5. The van der Waals surface area contributed by atoms with Gasteiger partial charge in [-0.05, 0) is 57.4 Å². The van der Waals surface area contributed by atoms with E-state index in [9.17, 15) is 4.79 Å². The standard InChI is InChI=1S/C18H27BrN2O/c1-4-17-7-5-6-12-21(17)18(22)14(2)20(3)13-15-8-10-16(19)11-9-15/h8-11,14,17H,4-7,12-13H2,1-3H3. The van der Waals surface area contributed by atoms with Crippen LogP contribution >= 0.6 is 15.9 Å². The van der Waals surface area contributed by atoms with Crippen molar-refractivity contribution in [1.29, 1.82) is 0 Å². The Morgan fingerprint density at radius 2 is 2.05 bits per heavy atom. The lowest BCUT2D eigenvalue weighted by Gasteiger charge is -2.38. The molecule has 0 N–H and O–H groups in total. The lowest BCUT2D eigenvalue weighted by atomic mass is 9.99. The van der Waals surface area contributed by atoms with Crippen LogP contribution in [0.5, 0.6) is 0 Å². The minimum atomic E-state index is -0.0733. The fraction of sp³-hybridized carbons (Fsp3) is 0.611. The number of carbonyl (C=O) groups excluding carboxylic acids is 1. The van der Waals surface area contributed by atoms with Crippen LogP contribution in [0.1, 0.15) is 45.1 Å². The second kappa shape index (κ2) is 8.11. The number of nitrogens with zero attached hydrogens (tertiary/aromatic N) is 2. The van der Waals surface area contributed by atoms with Crippen molar-refractivity contribution >= 4 is 21.8 Å². The van der Waals surface area contributed by atoms with Crippen LogP contribution in [0, 0.1) is 0 Å². The molecule has 4 heteroatoms. The highest BCUT2D eigenvalue weighted by molar-refractivity contribution is 9.10. The fourth-order valence-electron chi connectivity index (χ4n) is 3.16. The van der Waals surface area contributed by atoms with Gasteiger partial charge in [-0.1, -0.05) is 35.0 Å². The molecule has 1 aromatic carbocycles. The quantitative estimate of drug-likeness (QED) is 0.784. The number of likely N-dealkylation sites (N-methyl/N-ethyl adjacent to an activating group) is 1. The largest absolute Gasteiger partial charge is 0.338 e. The molecule has 1 aliphatic heterocycles. The molecule has 22 heavy (non-hydrogen) atoms. The first-order chi connectivity index (χ1) is 10.5. The number of halogens is 1. The van der Waals surface area contributed by atoms with E-state index in [1.807, 2.05) is 26.1 Å². The monoisotopic (exact) mass is 366 g/mol. The van der Waals surface area contributed by atoms with Crippen LogP contribution in [0.25, 0.3) is 0 Å². The molecule has 3 nitrogen and oxygen atoms in total. The molecule has 1 aliphatic rings. The maximum Gasteiger partial charge on any atom is 0.239 e. The third-order valence-corrected chi connectivity index (χ3v) is 5.27. The summed E-state index contributed by atoms with van der Waals surface area (Å²) in [6, 6.07) is 8.67. The number of likely N-dealkylation sites (tertiary alicyclic amines) is 1. The van der Waals surface area contributed by atoms with Gasteiger partial charge in [0.25, 0.3) is 0 Å². The van der Waals surface area contributed by atoms with Crippen LogP contribution in [0.2, 0.25) is 0 Å². The number of hydrogen-bond donors (Lipinski definition) is 0. The van der Waals surface area contributed by atoms with E-state index in [2.05, 4.69) is 44.8 Å².